The van der Waals surface area contributed by atoms with Gasteiger partial charge in [0.2, 0.25) is 0 Å². The van der Waals surface area contributed by atoms with E-state index in [1.165, 1.54) is 6.07 Å². The molecule has 4 heteroatoms. The highest BCUT2D eigenvalue weighted by Crippen LogP contribution is 2.45. The van der Waals surface area contributed by atoms with Crippen molar-refractivity contribution in [3.8, 4) is 0 Å². The SMILES string of the molecule is CCOC(=O)C1(c2ccc(CN)c(F)c2)CCC1. The second-order valence-corrected chi connectivity index (χ2v) is 4.67. The molecule has 2 N–H and O–H groups in total. The van der Waals surface area contributed by atoms with Gasteiger partial charge < -0.3 is 10.5 Å². The number of carbonyl (C=O) groups excluding carboxylic acids is 1. The van der Waals surface area contributed by atoms with Crippen LogP contribution in [0.1, 0.15) is 37.3 Å². The molecule has 1 aliphatic rings. The summed E-state index contributed by atoms with van der Waals surface area (Å²) in [5, 5.41) is 0. The van der Waals surface area contributed by atoms with Gasteiger partial charge in [-0.1, -0.05) is 18.6 Å². The molecule has 1 saturated carbocycles. The Morgan fingerprint density at radius 3 is 2.67 bits per heavy atom. The van der Waals surface area contributed by atoms with E-state index < -0.39 is 5.41 Å². The van der Waals surface area contributed by atoms with Crippen LogP contribution in [0.25, 0.3) is 0 Å². The van der Waals surface area contributed by atoms with Gasteiger partial charge in [0.15, 0.2) is 0 Å². The topological polar surface area (TPSA) is 52.3 Å². The molecule has 0 unspecified atom stereocenters. The van der Waals surface area contributed by atoms with Gasteiger partial charge in [0.25, 0.3) is 0 Å². The van der Waals surface area contributed by atoms with Crippen LogP contribution in [0, 0.1) is 5.82 Å². The number of nitrogens with two attached hydrogens (primary N) is 1. The molecule has 1 fully saturated rings. The molecular weight excluding hydrogens is 233 g/mol. The van der Waals surface area contributed by atoms with Crippen LogP contribution in [0.15, 0.2) is 18.2 Å². The lowest BCUT2D eigenvalue weighted by molar-refractivity contribution is -0.153. The van der Waals surface area contributed by atoms with Crippen LogP contribution in [-0.2, 0) is 21.5 Å². The Morgan fingerprint density at radius 2 is 2.22 bits per heavy atom. The number of halogens is 1. The summed E-state index contributed by atoms with van der Waals surface area (Å²) < 4.78 is 18.9. The highest BCUT2D eigenvalue weighted by atomic mass is 19.1. The highest BCUT2D eigenvalue weighted by Gasteiger charge is 2.47. The lowest BCUT2D eigenvalue weighted by Gasteiger charge is -2.39. The molecular formula is C14H18FNO2. The van der Waals surface area contributed by atoms with Crippen molar-refractivity contribution in [3.63, 3.8) is 0 Å². The number of esters is 1. The van der Waals surface area contributed by atoms with Gasteiger partial charge in [-0.15, -0.1) is 0 Å². The third kappa shape index (κ3) is 2.01. The van der Waals surface area contributed by atoms with Crippen LogP contribution >= 0.6 is 0 Å². The average molecular weight is 251 g/mol. The van der Waals surface area contributed by atoms with E-state index >= 15 is 0 Å². The minimum Gasteiger partial charge on any atom is -0.465 e. The van der Waals surface area contributed by atoms with E-state index in [0.29, 0.717) is 17.7 Å². The van der Waals surface area contributed by atoms with Crippen LogP contribution in [0.3, 0.4) is 0 Å². The second kappa shape index (κ2) is 5.06. The van der Waals surface area contributed by atoms with Gasteiger partial charge in [0.05, 0.1) is 12.0 Å². The molecule has 2 rings (SSSR count). The van der Waals surface area contributed by atoms with E-state index in [9.17, 15) is 9.18 Å². The molecule has 0 saturated heterocycles. The van der Waals surface area contributed by atoms with Gasteiger partial charge in [-0.25, -0.2) is 4.39 Å². The van der Waals surface area contributed by atoms with Crippen LogP contribution in [0.2, 0.25) is 0 Å². The molecule has 18 heavy (non-hydrogen) atoms. The summed E-state index contributed by atoms with van der Waals surface area (Å²) in [6, 6.07) is 4.88. The van der Waals surface area contributed by atoms with Crippen molar-refractivity contribution in [1.82, 2.24) is 0 Å². The van der Waals surface area contributed by atoms with Gasteiger partial charge in [-0.05, 0) is 31.4 Å². The summed E-state index contributed by atoms with van der Waals surface area (Å²) in [7, 11) is 0. The Morgan fingerprint density at radius 1 is 1.50 bits per heavy atom. The molecule has 0 amide bonds. The zero-order valence-corrected chi connectivity index (χ0v) is 10.5. The summed E-state index contributed by atoms with van der Waals surface area (Å²) >= 11 is 0. The predicted octanol–water partition coefficient (Wildman–Crippen LogP) is 2.27. The number of rotatable bonds is 4. The van der Waals surface area contributed by atoms with Gasteiger partial charge >= 0.3 is 5.97 Å². The minimum absolute atomic E-state index is 0.165. The lowest BCUT2D eigenvalue weighted by atomic mass is 9.64. The van der Waals surface area contributed by atoms with Crippen molar-refractivity contribution >= 4 is 5.97 Å². The van der Waals surface area contributed by atoms with Crippen molar-refractivity contribution in [2.75, 3.05) is 6.61 Å². The normalized spacial score (nSPS) is 17.1. The standard InChI is InChI=1S/C14H18FNO2/c1-2-18-13(17)14(6-3-7-14)11-5-4-10(9-16)12(15)8-11/h4-5,8H,2-3,6-7,9,16H2,1H3. The minimum atomic E-state index is -0.635. The van der Waals surface area contributed by atoms with Crippen LogP contribution < -0.4 is 5.73 Å². The number of ether oxygens (including phenoxy) is 1. The summed E-state index contributed by atoms with van der Waals surface area (Å²) in [5.74, 6) is -0.582. The molecule has 0 heterocycles. The van der Waals surface area contributed by atoms with E-state index in [1.807, 2.05) is 0 Å². The third-order valence-corrected chi connectivity index (χ3v) is 3.70. The summed E-state index contributed by atoms with van der Waals surface area (Å²) in [4.78, 5) is 12.0. The van der Waals surface area contributed by atoms with Crippen LogP contribution in [0.4, 0.5) is 4.39 Å². The Hall–Kier alpha value is -1.42. The molecule has 98 valence electrons. The largest absolute Gasteiger partial charge is 0.465 e. The maximum atomic E-state index is 13.8. The summed E-state index contributed by atoms with van der Waals surface area (Å²) in [6.07, 6.45) is 2.43. The first-order chi connectivity index (χ1) is 8.64. The Kier molecular flexibility index (Phi) is 3.66. The van der Waals surface area contributed by atoms with Crippen molar-refractivity contribution < 1.29 is 13.9 Å². The zero-order chi connectivity index (χ0) is 13.2. The fourth-order valence-corrected chi connectivity index (χ4v) is 2.42. The smallest absolute Gasteiger partial charge is 0.316 e. The van der Waals surface area contributed by atoms with Crippen molar-refractivity contribution in [3.05, 3.63) is 35.1 Å². The molecule has 0 atom stereocenters. The molecule has 3 nitrogen and oxygen atoms in total. The number of hydrogen-bond acceptors (Lipinski definition) is 3. The monoisotopic (exact) mass is 251 g/mol. The van der Waals surface area contributed by atoms with Gasteiger partial charge in [-0.2, -0.15) is 0 Å². The Labute approximate surface area is 106 Å². The number of carbonyl (C=O) groups is 1. The maximum Gasteiger partial charge on any atom is 0.316 e. The zero-order valence-electron chi connectivity index (χ0n) is 10.5. The van der Waals surface area contributed by atoms with E-state index in [0.717, 1.165) is 19.3 Å². The predicted molar refractivity (Wildman–Crippen MR) is 66.5 cm³/mol. The van der Waals surface area contributed by atoms with Crippen molar-refractivity contribution in [2.24, 2.45) is 5.73 Å². The molecule has 1 aromatic rings. The first-order valence-electron chi connectivity index (χ1n) is 6.30. The lowest BCUT2D eigenvalue weighted by Crippen LogP contribution is -2.43. The van der Waals surface area contributed by atoms with E-state index in [1.54, 1.807) is 19.1 Å². The summed E-state index contributed by atoms with van der Waals surface area (Å²) in [6.45, 7) is 2.30. The first kappa shape index (κ1) is 13.0. The van der Waals surface area contributed by atoms with Gasteiger partial charge in [-0.3, -0.25) is 4.79 Å². The van der Waals surface area contributed by atoms with Crippen LogP contribution in [0.5, 0.6) is 0 Å². The third-order valence-electron chi connectivity index (χ3n) is 3.70. The Balaban J connectivity index is 2.33. The second-order valence-electron chi connectivity index (χ2n) is 4.67. The van der Waals surface area contributed by atoms with E-state index in [2.05, 4.69) is 0 Å². The molecule has 0 aromatic heterocycles. The fourth-order valence-electron chi connectivity index (χ4n) is 2.42. The van der Waals surface area contributed by atoms with E-state index in [4.69, 9.17) is 10.5 Å². The average Bonchev–Trinajstić information content (AvgIpc) is 2.28. The van der Waals surface area contributed by atoms with Crippen LogP contribution in [-0.4, -0.2) is 12.6 Å². The quantitative estimate of drug-likeness (QED) is 0.835. The van der Waals surface area contributed by atoms with Gasteiger partial charge in [0.1, 0.15) is 5.82 Å². The molecule has 0 spiro atoms. The summed E-state index contributed by atoms with van der Waals surface area (Å²) in [5.41, 5.74) is 5.98. The molecule has 1 aliphatic carbocycles. The van der Waals surface area contributed by atoms with E-state index in [-0.39, 0.29) is 18.3 Å². The fraction of sp³-hybridized carbons (Fsp3) is 0.500. The molecule has 0 bridgehead atoms. The van der Waals surface area contributed by atoms with Crippen molar-refractivity contribution in [2.45, 2.75) is 38.1 Å². The van der Waals surface area contributed by atoms with Gasteiger partial charge in [0, 0.05) is 12.1 Å². The molecule has 0 aliphatic heterocycles. The molecule has 0 radical (unpaired) electrons. The maximum absolute atomic E-state index is 13.8. The first-order valence-corrected chi connectivity index (χ1v) is 6.30. The number of benzene rings is 1. The Bertz CT molecular complexity index is 455. The van der Waals surface area contributed by atoms with Crippen molar-refractivity contribution in [1.29, 1.82) is 0 Å². The molecule has 1 aromatic carbocycles. The highest BCUT2D eigenvalue weighted by molar-refractivity contribution is 5.84. The number of hydrogen-bond donors (Lipinski definition) is 1.